The highest BCUT2D eigenvalue weighted by molar-refractivity contribution is 5.34. The van der Waals surface area contributed by atoms with Gasteiger partial charge in [-0.15, -0.1) is 0 Å². The Morgan fingerprint density at radius 2 is 2.00 bits per heavy atom. The fraction of sp³-hybridized carbons (Fsp3) is 0.533. The summed E-state index contributed by atoms with van der Waals surface area (Å²) in [5, 5.41) is 8.68. The van der Waals surface area contributed by atoms with Crippen molar-refractivity contribution in [3.63, 3.8) is 0 Å². The number of hydrogen-bond donors (Lipinski definition) is 0. The van der Waals surface area contributed by atoms with Crippen molar-refractivity contribution in [3.05, 3.63) is 29.8 Å². The Bertz CT molecular complexity index is 380. The Hall–Kier alpha value is -1.53. The minimum absolute atomic E-state index is 0.625. The summed E-state index contributed by atoms with van der Waals surface area (Å²) in [5.74, 6) is 0.834. The largest absolute Gasteiger partial charge is 0.494 e. The summed E-state index contributed by atoms with van der Waals surface area (Å²) in [5.41, 5.74) is 0.666. The van der Waals surface area contributed by atoms with Crippen molar-refractivity contribution in [3.8, 4) is 11.8 Å². The Balaban J connectivity index is 2.23. The van der Waals surface area contributed by atoms with Gasteiger partial charge in [0.15, 0.2) is 0 Å². The molecule has 0 spiro atoms. The van der Waals surface area contributed by atoms with Gasteiger partial charge in [0.1, 0.15) is 5.75 Å². The zero-order chi connectivity index (χ0) is 13.4. The molecule has 1 rings (SSSR count). The van der Waals surface area contributed by atoms with Gasteiger partial charge in [0.25, 0.3) is 0 Å². The van der Waals surface area contributed by atoms with Crippen LogP contribution in [0, 0.1) is 11.3 Å². The molecule has 0 amide bonds. The highest BCUT2D eigenvalue weighted by Crippen LogP contribution is 2.11. The molecule has 18 heavy (non-hydrogen) atoms. The van der Waals surface area contributed by atoms with Crippen LogP contribution in [0.3, 0.4) is 0 Å². The van der Waals surface area contributed by atoms with Gasteiger partial charge in [-0.25, -0.2) is 0 Å². The topological polar surface area (TPSA) is 36.3 Å². The molecule has 1 unspecified atom stereocenters. The molecule has 0 aliphatic carbocycles. The summed E-state index contributed by atoms with van der Waals surface area (Å²) >= 11 is 0. The van der Waals surface area contributed by atoms with Crippen LogP contribution in [0.15, 0.2) is 24.3 Å². The van der Waals surface area contributed by atoms with Crippen LogP contribution in [0.5, 0.6) is 5.75 Å². The number of nitriles is 1. The SMILES string of the molecule is CCC(C)N(C)CCCOc1ccc(C#N)cc1. The molecule has 98 valence electrons. The van der Waals surface area contributed by atoms with Gasteiger partial charge in [0.05, 0.1) is 18.2 Å². The van der Waals surface area contributed by atoms with Crippen LogP contribution in [-0.4, -0.2) is 31.1 Å². The van der Waals surface area contributed by atoms with E-state index in [1.165, 1.54) is 6.42 Å². The van der Waals surface area contributed by atoms with Crippen LogP contribution >= 0.6 is 0 Å². The number of hydrogen-bond acceptors (Lipinski definition) is 3. The minimum Gasteiger partial charge on any atom is -0.494 e. The fourth-order valence-corrected chi connectivity index (χ4v) is 1.66. The fourth-order valence-electron chi connectivity index (χ4n) is 1.66. The zero-order valence-electron chi connectivity index (χ0n) is 11.5. The Labute approximate surface area is 110 Å². The lowest BCUT2D eigenvalue weighted by Crippen LogP contribution is -2.30. The monoisotopic (exact) mass is 246 g/mol. The van der Waals surface area contributed by atoms with Crippen LogP contribution < -0.4 is 4.74 Å². The van der Waals surface area contributed by atoms with Crippen LogP contribution in [0.4, 0.5) is 0 Å². The normalized spacial score (nSPS) is 12.2. The average molecular weight is 246 g/mol. The molecule has 0 N–H and O–H groups in total. The smallest absolute Gasteiger partial charge is 0.119 e. The summed E-state index contributed by atoms with van der Waals surface area (Å²) in [6.45, 7) is 6.20. The van der Waals surface area contributed by atoms with E-state index < -0.39 is 0 Å². The van der Waals surface area contributed by atoms with E-state index in [-0.39, 0.29) is 0 Å². The Morgan fingerprint density at radius 3 is 2.56 bits per heavy atom. The van der Waals surface area contributed by atoms with Gasteiger partial charge in [-0.3, -0.25) is 0 Å². The summed E-state index contributed by atoms with van der Waals surface area (Å²) in [6.07, 6.45) is 2.19. The molecular formula is C15H22N2O. The van der Waals surface area contributed by atoms with Crippen molar-refractivity contribution >= 4 is 0 Å². The summed E-state index contributed by atoms with van der Waals surface area (Å²) < 4.78 is 5.63. The second-order valence-electron chi connectivity index (χ2n) is 4.58. The molecule has 1 atom stereocenters. The summed E-state index contributed by atoms with van der Waals surface area (Å²) in [7, 11) is 2.15. The van der Waals surface area contributed by atoms with Crippen molar-refractivity contribution in [2.75, 3.05) is 20.2 Å². The molecular weight excluding hydrogens is 224 g/mol. The van der Waals surface area contributed by atoms with E-state index in [9.17, 15) is 0 Å². The molecule has 3 nitrogen and oxygen atoms in total. The molecule has 3 heteroatoms. The molecule has 0 saturated carbocycles. The third kappa shape index (κ3) is 4.77. The highest BCUT2D eigenvalue weighted by Gasteiger charge is 2.05. The maximum Gasteiger partial charge on any atom is 0.119 e. The molecule has 0 radical (unpaired) electrons. The van der Waals surface area contributed by atoms with Crippen molar-refractivity contribution in [1.82, 2.24) is 4.90 Å². The van der Waals surface area contributed by atoms with Gasteiger partial charge in [-0.05, 0) is 51.1 Å². The first-order valence-corrected chi connectivity index (χ1v) is 6.50. The third-order valence-corrected chi connectivity index (χ3v) is 3.25. The van der Waals surface area contributed by atoms with E-state index in [2.05, 4.69) is 31.9 Å². The predicted molar refractivity (Wildman–Crippen MR) is 73.7 cm³/mol. The molecule has 1 aromatic rings. The summed E-state index contributed by atoms with van der Waals surface area (Å²) in [4.78, 5) is 2.35. The maximum atomic E-state index is 8.68. The standard InChI is InChI=1S/C15H22N2O/c1-4-13(2)17(3)10-5-11-18-15-8-6-14(12-16)7-9-15/h6-9,13H,4-5,10-11H2,1-3H3. The van der Waals surface area contributed by atoms with Crippen molar-refractivity contribution < 1.29 is 4.74 Å². The lowest BCUT2D eigenvalue weighted by Gasteiger charge is -2.23. The second kappa shape index (κ2) is 7.73. The Kier molecular flexibility index (Phi) is 6.24. The van der Waals surface area contributed by atoms with Gasteiger partial charge in [0, 0.05) is 12.6 Å². The van der Waals surface area contributed by atoms with Crippen LogP contribution in [0.2, 0.25) is 0 Å². The maximum absolute atomic E-state index is 8.68. The van der Waals surface area contributed by atoms with E-state index in [0.29, 0.717) is 18.2 Å². The second-order valence-corrected chi connectivity index (χ2v) is 4.58. The number of benzene rings is 1. The van der Waals surface area contributed by atoms with E-state index in [1.807, 2.05) is 12.1 Å². The van der Waals surface area contributed by atoms with E-state index >= 15 is 0 Å². The van der Waals surface area contributed by atoms with Crippen LogP contribution in [0.1, 0.15) is 32.3 Å². The van der Waals surface area contributed by atoms with E-state index in [0.717, 1.165) is 18.7 Å². The first kappa shape index (κ1) is 14.5. The van der Waals surface area contributed by atoms with E-state index in [1.54, 1.807) is 12.1 Å². The van der Waals surface area contributed by atoms with Gasteiger partial charge in [0.2, 0.25) is 0 Å². The first-order chi connectivity index (χ1) is 8.67. The van der Waals surface area contributed by atoms with Gasteiger partial charge in [-0.1, -0.05) is 6.92 Å². The highest BCUT2D eigenvalue weighted by atomic mass is 16.5. The van der Waals surface area contributed by atoms with Gasteiger partial charge in [-0.2, -0.15) is 5.26 Å². The molecule has 0 heterocycles. The van der Waals surface area contributed by atoms with Crippen LogP contribution in [0.25, 0.3) is 0 Å². The first-order valence-electron chi connectivity index (χ1n) is 6.50. The molecule has 0 saturated heterocycles. The third-order valence-electron chi connectivity index (χ3n) is 3.25. The van der Waals surface area contributed by atoms with Crippen LogP contribution in [-0.2, 0) is 0 Å². The molecule has 0 fully saturated rings. The Morgan fingerprint density at radius 1 is 1.33 bits per heavy atom. The zero-order valence-corrected chi connectivity index (χ0v) is 11.5. The molecule has 0 aliphatic rings. The lowest BCUT2D eigenvalue weighted by molar-refractivity contribution is 0.220. The lowest BCUT2D eigenvalue weighted by atomic mass is 10.2. The predicted octanol–water partition coefficient (Wildman–Crippen LogP) is 3.06. The van der Waals surface area contributed by atoms with Crippen molar-refractivity contribution in [1.29, 1.82) is 5.26 Å². The molecule has 0 bridgehead atoms. The minimum atomic E-state index is 0.625. The van der Waals surface area contributed by atoms with Crippen molar-refractivity contribution in [2.45, 2.75) is 32.7 Å². The number of rotatable bonds is 7. The molecule has 0 aromatic heterocycles. The summed E-state index contributed by atoms with van der Waals surface area (Å²) in [6, 6.07) is 9.96. The van der Waals surface area contributed by atoms with Crippen molar-refractivity contribution in [2.24, 2.45) is 0 Å². The number of ether oxygens (including phenoxy) is 1. The molecule has 0 aliphatic heterocycles. The number of nitrogens with zero attached hydrogens (tertiary/aromatic N) is 2. The van der Waals surface area contributed by atoms with Gasteiger partial charge < -0.3 is 9.64 Å². The quantitative estimate of drug-likeness (QED) is 0.694. The van der Waals surface area contributed by atoms with Gasteiger partial charge >= 0.3 is 0 Å². The average Bonchev–Trinajstić information content (AvgIpc) is 2.43. The molecule has 1 aromatic carbocycles. The van der Waals surface area contributed by atoms with E-state index in [4.69, 9.17) is 10.00 Å².